The third-order valence-corrected chi connectivity index (χ3v) is 7.10. The Morgan fingerprint density at radius 2 is 1.74 bits per heavy atom. The lowest BCUT2D eigenvalue weighted by atomic mass is 10.1. The molecule has 0 atom stereocenters. The van der Waals surface area contributed by atoms with Gasteiger partial charge in [0.05, 0.1) is 30.0 Å². The maximum Gasteiger partial charge on any atom is 0.257 e. The van der Waals surface area contributed by atoms with E-state index in [2.05, 4.69) is 26.9 Å². The van der Waals surface area contributed by atoms with E-state index in [1.807, 2.05) is 29.2 Å². The standard InChI is InChI=1S/C26H27ClN4O4/c27-19-2-3-22-20(14-19)25(21(15-28-22)26(32)31-9-11-33-12-10-31)30-7-5-29(6-8-30)16-18-1-4-23-24(13-18)35-17-34-23/h1-4,13-15H,5-12,16-17H2. The fourth-order valence-corrected chi connectivity index (χ4v) is 5.18. The second-order valence-electron chi connectivity index (χ2n) is 9.04. The van der Waals surface area contributed by atoms with Crippen molar-refractivity contribution in [2.75, 3.05) is 64.2 Å². The summed E-state index contributed by atoms with van der Waals surface area (Å²) < 4.78 is 16.4. The van der Waals surface area contributed by atoms with Gasteiger partial charge in [-0.25, -0.2) is 0 Å². The van der Waals surface area contributed by atoms with E-state index in [1.165, 1.54) is 5.56 Å². The largest absolute Gasteiger partial charge is 0.454 e. The van der Waals surface area contributed by atoms with Gasteiger partial charge in [-0.1, -0.05) is 17.7 Å². The molecular formula is C26H27ClN4O4. The molecule has 0 spiro atoms. The molecule has 35 heavy (non-hydrogen) atoms. The van der Waals surface area contributed by atoms with E-state index in [0.29, 0.717) is 36.9 Å². The monoisotopic (exact) mass is 494 g/mol. The molecule has 2 fully saturated rings. The third-order valence-electron chi connectivity index (χ3n) is 6.86. The summed E-state index contributed by atoms with van der Waals surface area (Å²) in [5.41, 5.74) is 3.60. The van der Waals surface area contributed by atoms with Crippen LogP contribution in [0.15, 0.2) is 42.6 Å². The van der Waals surface area contributed by atoms with Crippen molar-refractivity contribution in [3.05, 3.63) is 58.7 Å². The maximum atomic E-state index is 13.5. The van der Waals surface area contributed by atoms with Crippen molar-refractivity contribution < 1.29 is 19.0 Å². The van der Waals surface area contributed by atoms with E-state index < -0.39 is 0 Å². The van der Waals surface area contributed by atoms with Gasteiger partial charge >= 0.3 is 0 Å². The number of piperazine rings is 1. The van der Waals surface area contributed by atoms with Crippen molar-refractivity contribution in [2.24, 2.45) is 0 Å². The first-order valence-corrected chi connectivity index (χ1v) is 12.3. The normalized spacial score (nSPS) is 18.3. The average Bonchev–Trinajstić information content (AvgIpc) is 3.37. The number of hydrogen-bond acceptors (Lipinski definition) is 7. The van der Waals surface area contributed by atoms with E-state index in [-0.39, 0.29) is 12.7 Å². The van der Waals surface area contributed by atoms with Crippen LogP contribution in [0, 0.1) is 0 Å². The highest BCUT2D eigenvalue weighted by Gasteiger charge is 2.28. The quantitative estimate of drug-likeness (QED) is 0.550. The van der Waals surface area contributed by atoms with Gasteiger partial charge in [0, 0.05) is 62.4 Å². The molecule has 0 radical (unpaired) electrons. The molecule has 0 aliphatic carbocycles. The highest BCUT2D eigenvalue weighted by molar-refractivity contribution is 6.31. The Morgan fingerprint density at radius 3 is 2.57 bits per heavy atom. The summed E-state index contributed by atoms with van der Waals surface area (Å²) >= 11 is 6.38. The number of rotatable bonds is 4. The second kappa shape index (κ2) is 9.53. The number of amides is 1. The Bertz CT molecular complexity index is 1260. The number of ether oxygens (including phenoxy) is 3. The molecule has 9 heteroatoms. The minimum absolute atomic E-state index is 0.000431. The lowest BCUT2D eigenvalue weighted by Crippen LogP contribution is -2.47. The first kappa shape index (κ1) is 22.4. The van der Waals surface area contributed by atoms with Crippen molar-refractivity contribution in [1.82, 2.24) is 14.8 Å². The minimum atomic E-state index is 0.000431. The van der Waals surface area contributed by atoms with Gasteiger partial charge in [-0.15, -0.1) is 0 Å². The van der Waals surface area contributed by atoms with Gasteiger partial charge in [0.25, 0.3) is 5.91 Å². The number of carbonyl (C=O) groups excluding carboxylic acids is 1. The number of pyridine rings is 1. The summed E-state index contributed by atoms with van der Waals surface area (Å²) in [6.07, 6.45) is 1.72. The van der Waals surface area contributed by atoms with Crippen molar-refractivity contribution in [2.45, 2.75) is 6.54 Å². The summed E-state index contributed by atoms with van der Waals surface area (Å²) in [6.45, 7) is 6.80. The van der Waals surface area contributed by atoms with Gasteiger partial charge in [-0.2, -0.15) is 0 Å². The molecule has 1 aromatic heterocycles. The number of benzene rings is 2. The van der Waals surface area contributed by atoms with Crippen LogP contribution in [0.4, 0.5) is 5.69 Å². The number of morpholine rings is 1. The first-order valence-electron chi connectivity index (χ1n) is 12.0. The number of carbonyl (C=O) groups is 1. The first-order chi connectivity index (χ1) is 17.2. The van der Waals surface area contributed by atoms with Crippen LogP contribution in [-0.2, 0) is 11.3 Å². The highest BCUT2D eigenvalue weighted by atomic mass is 35.5. The van der Waals surface area contributed by atoms with E-state index in [4.69, 9.17) is 25.8 Å². The molecule has 1 amide bonds. The van der Waals surface area contributed by atoms with E-state index in [0.717, 1.165) is 60.8 Å². The topological polar surface area (TPSA) is 67.4 Å². The van der Waals surface area contributed by atoms with Crippen molar-refractivity contribution >= 4 is 34.1 Å². The Morgan fingerprint density at radius 1 is 0.943 bits per heavy atom. The number of nitrogens with zero attached hydrogens (tertiary/aromatic N) is 4. The summed E-state index contributed by atoms with van der Waals surface area (Å²) in [6, 6.07) is 11.8. The molecule has 0 N–H and O–H groups in total. The van der Waals surface area contributed by atoms with Crippen LogP contribution >= 0.6 is 11.6 Å². The van der Waals surface area contributed by atoms with Crippen molar-refractivity contribution in [3.63, 3.8) is 0 Å². The minimum Gasteiger partial charge on any atom is -0.454 e. The number of fused-ring (bicyclic) bond motifs is 2. The van der Waals surface area contributed by atoms with Crippen LogP contribution in [0.5, 0.6) is 11.5 Å². The molecule has 4 heterocycles. The van der Waals surface area contributed by atoms with Gasteiger partial charge in [-0.05, 0) is 35.9 Å². The molecule has 0 bridgehead atoms. The molecule has 6 rings (SSSR count). The zero-order valence-electron chi connectivity index (χ0n) is 19.4. The summed E-state index contributed by atoms with van der Waals surface area (Å²) in [7, 11) is 0. The number of halogens is 1. The summed E-state index contributed by atoms with van der Waals surface area (Å²) in [5, 5.41) is 1.55. The van der Waals surface area contributed by atoms with Gasteiger partial charge in [0.15, 0.2) is 11.5 Å². The average molecular weight is 495 g/mol. The fraction of sp³-hybridized carbons (Fsp3) is 0.385. The molecule has 0 unspecified atom stereocenters. The number of anilines is 1. The lowest BCUT2D eigenvalue weighted by Gasteiger charge is -2.38. The van der Waals surface area contributed by atoms with Gasteiger partial charge < -0.3 is 24.0 Å². The van der Waals surface area contributed by atoms with E-state index in [9.17, 15) is 4.79 Å². The fourth-order valence-electron chi connectivity index (χ4n) is 5.01. The second-order valence-corrected chi connectivity index (χ2v) is 9.47. The van der Waals surface area contributed by atoms with Crippen molar-refractivity contribution in [3.8, 4) is 11.5 Å². The zero-order valence-corrected chi connectivity index (χ0v) is 20.2. The molecular weight excluding hydrogens is 468 g/mol. The van der Waals surface area contributed by atoms with Crippen molar-refractivity contribution in [1.29, 1.82) is 0 Å². The SMILES string of the molecule is O=C(c1cnc2ccc(Cl)cc2c1N1CCN(Cc2ccc3c(c2)OCO3)CC1)N1CCOCC1. The van der Waals surface area contributed by atoms with Crippen LogP contribution in [0.2, 0.25) is 5.02 Å². The molecule has 3 aliphatic rings. The predicted molar refractivity (Wildman–Crippen MR) is 134 cm³/mol. The molecule has 3 aromatic rings. The third kappa shape index (κ3) is 4.49. The molecule has 182 valence electrons. The Hall–Kier alpha value is -3.07. The van der Waals surface area contributed by atoms with Crippen LogP contribution in [0.3, 0.4) is 0 Å². The van der Waals surface area contributed by atoms with Crippen LogP contribution in [0.1, 0.15) is 15.9 Å². The molecule has 0 saturated carbocycles. The lowest BCUT2D eigenvalue weighted by molar-refractivity contribution is 0.0303. The molecule has 8 nitrogen and oxygen atoms in total. The Labute approximate surface area is 208 Å². The van der Waals surface area contributed by atoms with E-state index >= 15 is 0 Å². The smallest absolute Gasteiger partial charge is 0.257 e. The maximum absolute atomic E-state index is 13.5. The zero-order chi connectivity index (χ0) is 23.8. The van der Waals surface area contributed by atoms with E-state index in [1.54, 1.807) is 6.20 Å². The Kier molecular flexibility index (Phi) is 6.10. The van der Waals surface area contributed by atoms with Gasteiger partial charge in [0.2, 0.25) is 6.79 Å². The van der Waals surface area contributed by atoms with Gasteiger partial charge in [-0.3, -0.25) is 14.7 Å². The van der Waals surface area contributed by atoms with Gasteiger partial charge in [0.1, 0.15) is 0 Å². The van der Waals surface area contributed by atoms with Crippen LogP contribution in [-0.4, -0.2) is 80.0 Å². The summed E-state index contributed by atoms with van der Waals surface area (Å²) in [4.78, 5) is 24.7. The van der Waals surface area contributed by atoms with Crippen LogP contribution in [0.25, 0.3) is 10.9 Å². The summed E-state index contributed by atoms with van der Waals surface area (Å²) in [5.74, 6) is 1.62. The predicted octanol–water partition coefficient (Wildman–Crippen LogP) is 3.41. The van der Waals surface area contributed by atoms with Crippen LogP contribution < -0.4 is 14.4 Å². The number of hydrogen-bond donors (Lipinski definition) is 0. The molecule has 2 aromatic carbocycles. The highest BCUT2D eigenvalue weighted by Crippen LogP contribution is 2.35. The molecule has 2 saturated heterocycles. The molecule has 3 aliphatic heterocycles. The Balaban J connectivity index is 1.25. The number of aromatic nitrogens is 1.